The minimum Gasteiger partial charge on any atom is -0.349 e. The summed E-state index contributed by atoms with van der Waals surface area (Å²) >= 11 is 0. The molecular weight excluding hydrogens is 272 g/mol. The molecule has 2 rings (SSSR count). The molecule has 1 N–H and O–H groups in total. The third kappa shape index (κ3) is 4.33. The van der Waals surface area contributed by atoms with Crippen molar-refractivity contribution in [3.63, 3.8) is 0 Å². The maximum Gasteiger partial charge on any atom is 0.251 e. The zero-order chi connectivity index (χ0) is 16.3. The van der Waals surface area contributed by atoms with E-state index in [0.717, 1.165) is 31.5 Å². The molecule has 1 aliphatic heterocycles. The Morgan fingerprint density at radius 1 is 1.14 bits per heavy atom. The van der Waals surface area contributed by atoms with Crippen LogP contribution in [0.4, 0.5) is 0 Å². The fourth-order valence-electron chi connectivity index (χ4n) is 2.95. The monoisotopic (exact) mass is 302 g/mol. The minimum absolute atomic E-state index is 0.0588. The summed E-state index contributed by atoms with van der Waals surface area (Å²) in [6, 6.07) is 8.93. The van der Waals surface area contributed by atoms with E-state index in [1.165, 1.54) is 5.56 Å². The van der Waals surface area contributed by atoms with Crippen LogP contribution in [0.25, 0.3) is 0 Å². The predicted molar refractivity (Wildman–Crippen MR) is 92.3 cm³/mol. The van der Waals surface area contributed by atoms with Crippen molar-refractivity contribution in [1.29, 1.82) is 0 Å². The van der Waals surface area contributed by atoms with Gasteiger partial charge < -0.3 is 10.2 Å². The summed E-state index contributed by atoms with van der Waals surface area (Å²) < 4.78 is 0. The van der Waals surface area contributed by atoms with Gasteiger partial charge in [0.1, 0.15) is 0 Å². The van der Waals surface area contributed by atoms with Crippen molar-refractivity contribution >= 4 is 5.91 Å². The molecule has 1 aromatic carbocycles. The minimum atomic E-state index is 0.0588. The molecule has 0 aromatic heterocycles. The van der Waals surface area contributed by atoms with Crippen molar-refractivity contribution in [3.8, 4) is 0 Å². The van der Waals surface area contributed by atoms with Crippen LogP contribution in [0.2, 0.25) is 0 Å². The normalized spacial score (nSPS) is 17.7. The fraction of sp³-hybridized carbons (Fsp3) is 0.632. The third-order valence-electron chi connectivity index (χ3n) is 4.61. The molecule has 122 valence electrons. The highest BCUT2D eigenvalue weighted by Gasteiger charge is 2.22. The lowest BCUT2D eigenvalue weighted by atomic mass is 9.86. The lowest BCUT2D eigenvalue weighted by Gasteiger charge is -2.34. The molecule has 1 saturated heterocycles. The van der Waals surface area contributed by atoms with Crippen molar-refractivity contribution in [2.75, 3.05) is 13.1 Å². The van der Waals surface area contributed by atoms with E-state index in [-0.39, 0.29) is 11.3 Å². The van der Waals surface area contributed by atoms with Gasteiger partial charge in [0.15, 0.2) is 0 Å². The number of nitrogens with one attached hydrogen (secondary N) is 1. The molecule has 0 spiro atoms. The van der Waals surface area contributed by atoms with E-state index in [0.29, 0.717) is 12.1 Å². The molecule has 1 heterocycles. The Morgan fingerprint density at radius 3 is 2.14 bits per heavy atom. The number of rotatable bonds is 3. The highest BCUT2D eigenvalue weighted by atomic mass is 16.1. The summed E-state index contributed by atoms with van der Waals surface area (Å²) in [5, 5.41) is 3.19. The summed E-state index contributed by atoms with van der Waals surface area (Å²) in [5.41, 5.74) is 2.15. The predicted octanol–water partition coefficient (Wildman–Crippen LogP) is 3.59. The number of nitrogens with zero attached hydrogens (tertiary/aromatic N) is 1. The van der Waals surface area contributed by atoms with Gasteiger partial charge in [0.2, 0.25) is 0 Å². The largest absolute Gasteiger partial charge is 0.349 e. The SMILES string of the molecule is CC(C)N1CCC(NC(=O)c2ccc(C(C)(C)C)cc2)CC1. The van der Waals surface area contributed by atoms with E-state index >= 15 is 0 Å². The highest BCUT2D eigenvalue weighted by molar-refractivity contribution is 5.94. The van der Waals surface area contributed by atoms with Crippen molar-refractivity contribution in [1.82, 2.24) is 10.2 Å². The summed E-state index contributed by atoms with van der Waals surface area (Å²) in [6.07, 6.45) is 2.09. The van der Waals surface area contributed by atoms with Crippen LogP contribution in [0, 0.1) is 0 Å². The maximum absolute atomic E-state index is 12.4. The van der Waals surface area contributed by atoms with Gasteiger partial charge in [-0.3, -0.25) is 4.79 Å². The van der Waals surface area contributed by atoms with Crippen LogP contribution in [0.3, 0.4) is 0 Å². The van der Waals surface area contributed by atoms with Crippen LogP contribution in [-0.4, -0.2) is 36.0 Å². The smallest absolute Gasteiger partial charge is 0.251 e. The van der Waals surface area contributed by atoms with Crippen LogP contribution in [-0.2, 0) is 5.41 Å². The topological polar surface area (TPSA) is 32.3 Å². The highest BCUT2D eigenvalue weighted by Crippen LogP contribution is 2.22. The molecule has 0 atom stereocenters. The molecule has 0 aliphatic carbocycles. The van der Waals surface area contributed by atoms with Gasteiger partial charge in [0.05, 0.1) is 0 Å². The first kappa shape index (κ1) is 17.0. The zero-order valence-corrected chi connectivity index (χ0v) is 14.6. The van der Waals surface area contributed by atoms with Gasteiger partial charge in [-0.1, -0.05) is 32.9 Å². The van der Waals surface area contributed by atoms with Gasteiger partial charge in [-0.2, -0.15) is 0 Å². The van der Waals surface area contributed by atoms with Crippen LogP contribution < -0.4 is 5.32 Å². The van der Waals surface area contributed by atoms with E-state index in [9.17, 15) is 4.79 Å². The first-order chi connectivity index (χ1) is 10.3. The van der Waals surface area contributed by atoms with Gasteiger partial charge in [0.25, 0.3) is 5.91 Å². The van der Waals surface area contributed by atoms with Gasteiger partial charge in [-0.15, -0.1) is 0 Å². The molecule has 0 unspecified atom stereocenters. The first-order valence-corrected chi connectivity index (χ1v) is 8.43. The number of hydrogen-bond donors (Lipinski definition) is 1. The van der Waals surface area contributed by atoms with E-state index < -0.39 is 0 Å². The number of carbonyl (C=O) groups excluding carboxylic acids is 1. The van der Waals surface area contributed by atoms with Crippen molar-refractivity contribution in [2.45, 2.75) is 65.0 Å². The second-order valence-electron chi connectivity index (χ2n) is 7.70. The van der Waals surface area contributed by atoms with E-state index in [1.54, 1.807) is 0 Å². The summed E-state index contributed by atoms with van der Waals surface area (Å²) in [5.74, 6) is 0.0588. The van der Waals surface area contributed by atoms with E-state index in [4.69, 9.17) is 0 Å². The first-order valence-electron chi connectivity index (χ1n) is 8.43. The van der Waals surface area contributed by atoms with Gasteiger partial charge >= 0.3 is 0 Å². The zero-order valence-electron chi connectivity index (χ0n) is 14.6. The number of piperidine rings is 1. The molecule has 3 nitrogen and oxygen atoms in total. The van der Waals surface area contributed by atoms with Crippen LogP contribution >= 0.6 is 0 Å². The van der Waals surface area contributed by atoms with Crippen molar-refractivity contribution < 1.29 is 4.79 Å². The molecule has 3 heteroatoms. The van der Waals surface area contributed by atoms with Crippen LogP contribution in [0.15, 0.2) is 24.3 Å². The standard InChI is InChI=1S/C19H30N2O/c1-14(2)21-12-10-17(11-13-21)20-18(22)15-6-8-16(9-7-15)19(3,4)5/h6-9,14,17H,10-13H2,1-5H3,(H,20,22). The fourth-order valence-corrected chi connectivity index (χ4v) is 2.95. The second kappa shape index (κ2) is 6.82. The molecule has 1 fully saturated rings. The van der Waals surface area contributed by atoms with Crippen LogP contribution in [0.1, 0.15) is 63.4 Å². The van der Waals surface area contributed by atoms with Crippen molar-refractivity contribution in [2.24, 2.45) is 0 Å². The Morgan fingerprint density at radius 2 is 1.68 bits per heavy atom. The number of carbonyl (C=O) groups is 1. The summed E-state index contributed by atoms with van der Waals surface area (Å²) in [4.78, 5) is 14.8. The summed E-state index contributed by atoms with van der Waals surface area (Å²) in [7, 11) is 0. The van der Waals surface area contributed by atoms with Gasteiger partial charge in [-0.05, 0) is 49.8 Å². The molecule has 0 bridgehead atoms. The van der Waals surface area contributed by atoms with Gasteiger partial charge in [-0.25, -0.2) is 0 Å². The third-order valence-corrected chi connectivity index (χ3v) is 4.61. The molecule has 22 heavy (non-hydrogen) atoms. The molecule has 1 aliphatic rings. The lowest BCUT2D eigenvalue weighted by molar-refractivity contribution is 0.0900. The Balaban J connectivity index is 1.90. The second-order valence-corrected chi connectivity index (χ2v) is 7.70. The molecule has 1 amide bonds. The Labute approximate surface area is 135 Å². The quantitative estimate of drug-likeness (QED) is 0.925. The Kier molecular flexibility index (Phi) is 5.28. The summed E-state index contributed by atoms with van der Waals surface area (Å²) in [6.45, 7) is 13.2. The number of hydrogen-bond acceptors (Lipinski definition) is 2. The molecule has 0 saturated carbocycles. The number of benzene rings is 1. The Hall–Kier alpha value is -1.35. The molecule has 0 radical (unpaired) electrons. The van der Waals surface area contributed by atoms with E-state index in [1.807, 2.05) is 12.1 Å². The van der Waals surface area contributed by atoms with Crippen molar-refractivity contribution in [3.05, 3.63) is 35.4 Å². The van der Waals surface area contributed by atoms with Gasteiger partial charge in [0, 0.05) is 30.7 Å². The molecular formula is C19H30N2O. The number of likely N-dealkylation sites (tertiary alicyclic amines) is 1. The average molecular weight is 302 g/mol. The number of amides is 1. The maximum atomic E-state index is 12.4. The Bertz CT molecular complexity index is 491. The van der Waals surface area contributed by atoms with E-state index in [2.05, 4.69) is 57.0 Å². The molecule has 1 aromatic rings. The van der Waals surface area contributed by atoms with Crippen LogP contribution in [0.5, 0.6) is 0 Å². The average Bonchev–Trinajstić information content (AvgIpc) is 2.47. The lowest BCUT2D eigenvalue weighted by Crippen LogP contribution is -2.46.